The first-order valence-corrected chi connectivity index (χ1v) is 5.66. The molecular formula is C13H17NO3. The van der Waals surface area contributed by atoms with Crippen LogP contribution in [0, 0.1) is 0 Å². The lowest BCUT2D eigenvalue weighted by Gasteiger charge is -2.10. The summed E-state index contributed by atoms with van der Waals surface area (Å²) in [6.07, 6.45) is 0. The third kappa shape index (κ3) is 3.06. The molecule has 1 unspecified atom stereocenters. The molecule has 2 rings (SSSR count). The van der Waals surface area contributed by atoms with E-state index < -0.39 is 0 Å². The Morgan fingerprint density at radius 2 is 2.12 bits per heavy atom. The standard InChI is InChI=1S/C13H17NO3/c1-10(14-16-8-7-15-2)13-9-11-5-3-4-6-12(11)17-13/h3-6,9-10,14H,7-8H2,1-2H3. The molecule has 0 amide bonds. The fraction of sp³-hybridized carbons (Fsp3) is 0.385. The van der Waals surface area contributed by atoms with Gasteiger partial charge >= 0.3 is 0 Å². The molecule has 0 bridgehead atoms. The van der Waals surface area contributed by atoms with Crippen LogP contribution in [0.1, 0.15) is 18.7 Å². The summed E-state index contributed by atoms with van der Waals surface area (Å²) >= 11 is 0. The van der Waals surface area contributed by atoms with E-state index in [4.69, 9.17) is 14.0 Å². The van der Waals surface area contributed by atoms with Gasteiger partial charge in [0.1, 0.15) is 11.3 Å². The fourth-order valence-corrected chi connectivity index (χ4v) is 1.58. The largest absolute Gasteiger partial charge is 0.459 e. The summed E-state index contributed by atoms with van der Waals surface area (Å²) < 4.78 is 10.6. The maximum atomic E-state index is 5.71. The monoisotopic (exact) mass is 235 g/mol. The van der Waals surface area contributed by atoms with Crippen LogP contribution in [0.5, 0.6) is 0 Å². The van der Waals surface area contributed by atoms with Gasteiger partial charge in [-0.2, -0.15) is 5.48 Å². The first kappa shape index (κ1) is 12.1. The van der Waals surface area contributed by atoms with Gasteiger partial charge in [-0.3, -0.25) is 4.84 Å². The number of ether oxygens (including phenoxy) is 1. The van der Waals surface area contributed by atoms with E-state index in [1.165, 1.54) is 0 Å². The second kappa shape index (κ2) is 5.82. The number of hydrogen-bond donors (Lipinski definition) is 1. The van der Waals surface area contributed by atoms with E-state index in [9.17, 15) is 0 Å². The molecule has 1 heterocycles. The Morgan fingerprint density at radius 3 is 2.88 bits per heavy atom. The van der Waals surface area contributed by atoms with E-state index in [2.05, 4.69) is 5.48 Å². The first-order valence-electron chi connectivity index (χ1n) is 5.66. The van der Waals surface area contributed by atoms with Crippen molar-refractivity contribution in [3.63, 3.8) is 0 Å². The average molecular weight is 235 g/mol. The Hall–Kier alpha value is -1.36. The Bertz CT molecular complexity index is 433. The van der Waals surface area contributed by atoms with Crippen molar-refractivity contribution in [1.82, 2.24) is 5.48 Å². The lowest BCUT2D eigenvalue weighted by molar-refractivity contribution is -0.0123. The molecule has 2 aromatic rings. The molecule has 0 aliphatic heterocycles. The zero-order valence-corrected chi connectivity index (χ0v) is 10.1. The maximum absolute atomic E-state index is 5.71. The van der Waals surface area contributed by atoms with Crippen LogP contribution in [-0.2, 0) is 9.57 Å². The van der Waals surface area contributed by atoms with E-state index in [1.807, 2.05) is 37.3 Å². The molecule has 1 N–H and O–H groups in total. The van der Waals surface area contributed by atoms with E-state index in [0.717, 1.165) is 16.7 Å². The predicted octanol–water partition coefficient (Wildman–Crippen LogP) is 2.66. The zero-order valence-electron chi connectivity index (χ0n) is 10.1. The van der Waals surface area contributed by atoms with Crippen molar-refractivity contribution in [2.75, 3.05) is 20.3 Å². The van der Waals surface area contributed by atoms with Gasteiger partial charge in [0, 0.05) is 12.5 Å². The maximum Gasteiger partial charge on any atom is 0.134 e. The topological polar surface area (TPSA) is 43.6 Å². The van der Waals surface area contributed by atoms with Crippen molar-refractivity contribution in [3.05, 3.63) is 36.1 Å². The molecule has 92 valence electrons. The summed E-state index contributed by atoms with van der Waals surface area (Å²) in [5.41, 5.74) is 3.82. The van der Waals surface area contributed by atoms with Crippen LogP contribution in [0.15, 0.2) is 34.7 Å². The minimum atomic E-state index is 0.0132. The summed E-state index contributed by atoms with van der Waals surface area (Å²) in [7, 11) is 1.64. The normalized spacial score (nSPS) is 13.1. The lowest BCUT2D eigenvalue weighted by Crippen LogP contribution is -2.20. The molecule has 4 nitrogen and oxygen atoms in total. The van der Waals surface area contributed by atoms with Crippen LogP contribution in [0.25, 0.3) is 11.0 Å². The van der Waals surface area contributed by atoms with Crippen LogP contribution < -0.4 is 5.48 Å². The molecule has 0 radical (unpaired) electrons. The van der Waals surface area contributed by atoms with Gasteiger partial charge in [0.15, 0.2) is 0 Å². The number of benzene rings is 1. The number of methoxy groups -OCH3 is 1. The first-order chi connectivity index (χ1) is 8.31. The molecule has 17 heavy (non-hydrogen) atoms. The Labute approximate surface area is 100 Å². The molecule has 0 spiro atoms. The van der Waals surface area contributed by atoms with Crippen LogP contribution >= 0.6 is 0 Å². The highest BCUT2D eigenvalue weighted by molar-refractivity contribution is 5.77. The molecular weight excluding hydrogens is 218 g/mol. The van der Waals surface area contributed by atoms with Gasteiger partial charge in [0.05, 0.1) is 19.3 Å². The Balaban J connectivity index is 1.96. The average Bonchev–Trinajstić information content (AvgIpc) is 2.78. The highest BCUT2D eigenvalue weighted by Gasteiger charge is 2.10. The Morgan fingerprint density at radius 1 is 1.29 bits per heavy atom. The molecule has 0 saturated carbocycles. The molecule has 0 aliphatic carbocycles. The van der Waals surface area contributed by atoms with E-state index in [1.54, 1.807) is 7.11 Å². The molecule has 1 aromatic heterocycles. The number of furan rings is 1. The minimum absolute atomic E-state index is 0.0132. The zero-order chi connectivity index (χ0) is 12.1. The SMILES string of the molecule is COCCONC(C)c1cc2ccccc2o1. The van der Waals surface area contributed by atoms with Crippen molar-refractivity contribution in [3.8, 4) is 0 Å². The predicted molar refractivity (Wildman–Crippen MR) is 65.6 cm³/mol. The highest BCUT2D eigenvalue weighted by Crippen LogP contribution is 2.23. The van der Waals surface area contributed by atoms with E-state index in [-0.39, 0.29) is 6.04 Å². The number of para-hydroxylation sites is 1. The van der Waals surface area contributed by atoms with Crippen LogP contribution in [0.4, 0.5) is 0 Å². The third-order valence-electron chi connectivity index (χ3n) is 2.52. The number of hydrogen-bond acceptors (Lipinski definition) is 4. The molecule has 0 saturated heterocycles. The van der Waals surface area contributed by atoms with Crippen LogP contribution in [0.3, 0.4) is 0 Å². The summed E-state index contributed by atoms with van der Waals surface area (Å²) in [5, 5.41) is 1.10. The third-order valence-corrected chi connectivity index (χ3v) is 2.52. The number of rotatable bonds is 6. The summed E-state index contributed by atoms with van der Waals surface area (Å²) in [4.78, 5) is 5.25. The minimum Gasteiger partial charge on any atom is -0.459 e. The number of hydroxylamine groups is 1. The lowest BCUT2D eigenvalue weighted by atomic mass is 10.2. The van der Waals surface area contributed by atoms with Gasteiger partial charge < -0.3 is 9.15 Å². The second-order valence-electron chi connectivity index (χ2n) is 3.87. The number of nitrogens with one attached hydrogen (secondary N) is 1. The quantitative estimate of drug-likeness (QED) is 0.617. The molecule has 1 aromatic carbocycles. The van der Waals surface area contributed by atoms with Crippen molar-refractivity contribution in [2.24, 2.45) is 0 Å². The van der Waals surface area contributed by atoms with Crippen molar-refractivity contribution in [2.45, 2.75) is 13.0 Å². The Kier molecular flexibility index (Phi) is 4.14. The molecule has 4 heteroatoms. The summed E-state index contributed by atoms with van der Waals surface area (Å²) in [6.45, 7) is 3.07. The van der Waals surface area contributed by atoms with Gasteiger partial charge in [0.2, 0.25) is 0 Å². The molecule has 0 fully saturated rings. The van der Waals surface area contributed by atoms with Crippen molar-refractivity contribution >= 4 is 11.0 Å². The second-order valence-corrected chi connectivity index (χ2v) is 3.87. The van der Waals surface area contributed by atoms with Gasteiger partial charge in [-0.1, -0.05) is 18.2 Å². The van der Waals surface area contributed by atoms with Gasteiger partial charge in [0.25, 0.3) is 0 Å². The van der Waals surface area contributed by atoms with Gasteiger partial charge in [-0.05, 0) is 19.1 Å². The van der Waals surface area contributed by atoms with Crippen LogP contribution in [-0.4, -0.2) is 20.3 Å². The number of fused-ring (bicyclic) bond motifs is 1. The summed E-state index contributed by atoms with van der Waals surface area (Å²) in [5.74, 6) is 0.864. The van der Waals surface area contributed by atoms with Crippen LogP contribution in [0.2, 0.25) is 0 Å². The van der Waals surface area contributed by atoms with Gasteiger partial charge in [-0.15, -0.1) is 0 Å². The fourth-order valence-electron chi connectivity index (χ4n) is 1.58. The highest BCUT2D eigenvalue weighted by atomic mass is 16.7. The molecule has 0 aliphatic rings. The molecule has 1 atom stereocenters. The summed E-state index contributed by atoms with van der Waals surface area (Å²) in [6, 6.07) is 9.97. The van der Waals surface area contributed by atoms with Gasteiger partial charge in [-0.25, -0.2) is 0 Å². The smallest absolute Gasteiger partial charge is 0.134 e. The van der Waals surface area contributed by atoms with Crippen molar-refractivity contribution in [1.29, 1.82) is 0 Å². The van der Waals surface area contributed by atoms with E-state index in [0.29, 0.717) is 13.2 Å². The van der Waals surface area contributed by atoms with E-state index >= 15 is 0 Å². The van der Waals surface area contributed by atoms with Crippen molar-refractivity contribution < 1.29 is 14.0 Å².